The van der Waals surface area contributed by atoms with Crippen LogP contribution >= 0.6 is 11.8 Å². The van der Waals surface area contributed by atoms with Crippen molar-refractivity contribution in [3.05, 3.63) is 64.7 Å². The lowest BCUT2D eigenvalue weighted by atomic mass is 10.1. The number of hydrogen-bond acceptors (Lipinski definition) is 3. The van der Waals surface area contributed by atoms with Crippen molar-refractivity contribution < 1.29 is 4.79 Å². The molecule has 0 unspecified atom stereocenters. The summed E-state index contributed by atoms with van der Waals surface area (Å²) in [5.41, 5.74) is 6.55. The normalized spacial score (nSPS) is 14.6. The van der Waals surface area contributed by atoms with Crippen molar-refractivity contribution >= 4 is 23.4 Å². The lowest BCUT2D eigenvalue weighted by molar-refractivity contribution is -0.128. The van der Waals surface area contributed by atoms with Crippen LogP contribution in [0.25, 0.3) is 0 Å². The van der Waals surface area contributed by atoms with Gasteiger partial charge in [-0.2, -0.15) is 0 Å². The minimum atomic E-state index is 0.266. The minimum absolute atomic E-state index is 0.266. The minimum Gasteiger partial charge on any atom is -0.368 e. The number of anilines is 1. The van der Waals surface area contributed by atoms with Crippen molar-refractivity contribution in [1.82, 2.24) is 4.90 Å². The number of amides is 1. The fourth-order valence-corrected chi connectivity index (χ4v) is 4.19. The Morgan fingerprint density at radius 1 is 0.962 bits per heavy atom. The molecule has 0 radical (unpaired) electrons. The second-order valence-corrected chi connectivity index (χ2v) is 8.05. The zero-order valence-corrected chi connectivity index (χ0v) is 16.8. The third kappa shape index (κ3) is 4.61. The number of carbonyl (C=O) groups excluding carboxylic acids is 1. The highest BCUT2D eigenvalue weighted by atomic mass is 32.2. The molecule has 1 aliphatic heterocycles. The van der Waals surface area contributed by atoms with Crippen LogP contribution in [0.2, 0.25) is 0 Å². The van der Waals surface area contributed by atoms with E-state index in [1.54, 1.807) is 11.8 Å². The van der Waals surface area contributed by atoms with Crippen LogP contribution in [0.15, 0.2) is 42.5 Å². The van der Waals surface area contributed by atoms with E-state index in [1.807, 2.05) is 4.90 Å². The molecule has 138 valence electrons. The van der Waals surface area contributed by atoms with Gasteiger partial charge in [-0.15, -0.1) is 11.8 Å². The zero-order chi connectivity index (χ0) is 18.5. The molecule has 1 aliphatic rings. The van der Waals surface area contributed by atoms with Gasteiger partial charge < -0.3 is 9.80 Å². The summed E-state index contributed by atoms with van der Waals surface area (Å²) in [7, 11) is 0. The summed E-state index contributed by atoms with van der Waals surface area (Å²) in [6, 6.07) is 15.0. The maximum Gasteiger partial charge on any atom is 0.232 e. The van der Waals surface area contributed by atoms with Gasteiger partial charge in [0.2, 0.25) is 5.91 Å². The van der Waals surface area contributed by atoms with E-state index in [2.05, 4.69) is 68.1 Å². The van der Waals surface area contributed by atoms with E-state index in [0.29, 0.717) is 5.75 Å². The molecule has 0 bridgehead atoms. The number of thioether (sulfide) groups is 1. The van der Waals surface area contributed by atoms with Gasteiger partial charge in [0.25, 0.3) is 0 Å². The van der Waals surface area contributed by atoms with Crippen LogP contribution < -0.4 is 4.90 Å². The molecule has 2 aromatic carbocycles. The second kappa shape index (κ2) is 8.63. The SMILES string of the molecule is Cc1ccc(CSCC(=O)N2CCN(c3cccc(C)c3C)CC2)cc1. The highest BCUT2D eigenvalue weighted by molar-refractivity contribution is 7.99. The number of rotatable bonds is 5. The van der Waals surface area contributed by atoms with Crippen molar-refractivity contribution in [2.75, 3.05) is 36.8 Å². The van der Waals surface area contributed by atoms with Gasteiger partial charge in [0.05, 0.1) is 5.75 Å². The van der Waals surface area contributed by atoms with E-state index in [-0.39, 0.29) is 5.91 Å². The van der Waals surface area contributed by atoms with Gasteiger partial charge >= 0.3 is 0 Å². The Hall–Kier alpha value is -1.94. The molecule has 1 saturated heterocycles. The van der Waals surface area contributed by atoms with Crippen LogP contribution in [-0.2, 0) is 10.5 Å². The third-order valence-electron chi connectivity index (χ3n) is 5.16. The summed E-state index contributed by atoms with van der Waals surface area (Å²) in [5, 5.41) is 0. The molecule has 0 aliphatic carbocycles. The van der Waals surface area contributed by atoms with Gasteiger partial charge in [0.1, 0.15) is 0 Å². The largest absolute Gasteiger partial charge is 0.368 e. The van der Waals surface area contributed by atoms with E-state index in [4.69, 9.17) is 0 Å². The molecule has 1 heterocycles. The molecule has 0 atom stereocenters. The Kier molecular flexibility index (Phi) is 6.25. The standard InChI is InChI=1S/C22H28N2OS/c1-17-7-9-20(10-8-17)15-26-16-22(25)24-13-11-23(12-14-24)21-6-4-5-18(2)19(21)3/h4-10H,11-16H2,1-3H3. The van der Waals surface area contributed by atoms with Gasteiger partial charge in [0, 0.05) is 37.6 Å². The topological polar surface area (TPSA) is 23.6 Å². The molecule has 3 rings (SSSR count). The number of aryl methyl sites for hydroxylation is 2. The van der Waals surface area contributed by atoms with Crippen molar-refractivity contribution in [1.29, 1.82) is 0 Å². The van der Waals surface area contributed by atoms with Crippen LogP contribution in [0.4, 0.5) is 5.69 Å². The Bertz CT molecular complexity index is 749. The fraction of sp³-hybridized carbons (Fsp3) is 0.409. The van der Waals surface area contributed by atoms with Crippen LogP contribution in [0.5, 0.6) is 0 Å². The monoisotopic (exact) mass is 368 g/mol. The summed E-state index contributed by atoms with van der Waals surface area (Å²) in [6.07, 6.45) is 0. The molecule has 0 spiro atoms. The number of nitrogens with zero attached hydrogens (tertiary/aromatic N) is 2. The fourth-order valence-electron chi connectivity index (χ4n) is 3.31. The first-order valence-electron chi connectivity index (χ1n) is 9.27. The number of carbonyl (C=O) groups is 1. The average molecular weight is 369 g/mol. The summed E-state index contributed by atoms with van der Waals surface area (Å²) in [4.78, 5) is 16.9. The molecule has 2 aromatic rings. The van der Waals surface area contributed by atoms with Crippen LogP contribution in [0.3, 0.4) is 0 Å². The third-order valence-corrected chi connectivity index (χ3v) is 6.15. The highest BCUT2D eigenvalue weighted by Gasteiger charge is 2.22. The quantitative estimate of drug-likeness (QED) is 0.790. The van der Waals surface area contributed by atoms with Crippen LogP contribution in [-0.4, -0.2) is 42.7 Å². The van der Waals surface area contributed by atoms with Crippen molar-refractivity contribution in [3.63, 3.8) is 0 Å². The molecule has 1 amide bonds. The summed E-state index contributed by atoms with van der Waals surface area (Å²) < 4.78 is 0. The predicted octanol–water partition coefficient (Wildman–Crippen LogP) is 4.19. The van der Waals surface area contributed by atoms with Gasteiger partial charge in [-0.05, 0) is 43.5 Å². The Morgan fingerprint density at radius 3 is 2.35 bits per heavy atom. The molecule has 26 heavy (non-hydrogen) atoms. The lowest BCUT2D eigenvalue weighted by Crippen LogP contribution is -2.49. The maximum atomic E-state index is 12.5. The molecule has 0 aromatic heterocycles. The van der Waals surface area contributed by atoms with E-state index >= 15 is 0 Å². The first kappa shape index (κ1) is 18.8. The molecular formula is C22H28N2OS. The molecule has 0 N–H and O–H groups in total. The van der Waals surface area contributed by atoms with E-state index in [0.717, 1.165) is 31.9 Å². The number of hydrogen-bond donors (Lipinski definition) is 0. The lowest BCUT2D eigenvalue weighted by Gasteiger charge is -2.37. The van der Waals surface area contributed by atoms with Gasteiger partial charge in [0.15, 0.2) is 0 Å². The molecule has 0 saturated carbocycles. The molecule has 3 nitrogen and oxygen atoms in total. The van der Waals surface area contributed by atoms with Gasteiger partial charge in [-0.25, -0.2) is 0 Å². The maximum absolute atomic E-state index is 12.5. The average Bonchev–Trinajstić information content (AvgIpc) is 2.66. The summed E-state index contributed by atoms with van der Waals surface area (Å²) in [5.74, 6) is 1.73. The van der Waals surface area contributed by atoms with E-state index < -0.39 is 0 Å². The Balaban J connectivity index is 1.46. The number of piperazine rings is 1. The van der Waals surface area contributed by atoms with Gasteiger partial charge in [-0.3, -0.25) is 4.79 Å². The summed E-state index contributed by atoms with van der Waals surface area (Å²) >= 11 is 1.71. The first-order chi connectivity index (χ1) is 12.5. The first-order valence-corrected chi connectivity index (χ1v) is 10.4. The molecule has 1 fully saturated rings. The van der Waals surface area contributed by atoms with Crippen LogP contribution in [0, 0.1) is 20.8 Å². The smallest absolute Gasteiger partial charge is 0.232 e. The molecular weight excluding hydrogens is 340 g/mol. The predicted molar refractivity (Wildman–Crippen MR) is 112 cm³/mol. The van der Waals surface area contributed by atoms with E-state index in [1.165, 1.54) is 27.9 Å². The van der Waals surface area contributed by atoms with Crippen molar-refractivity contribution in [2.45, 2.75) is 26.5 Å². The zero-order valence-electron chi connectivity index (χ0n) is 16.0. The van der Waals surface area contributed by atoms with Gasteiger partial charge in [-0.1, -0.05) is 42.0 Å². The highest BCUT2D eigenvalue weighted by Crippen LogP contribution is 2.24. The number of benzene rings is 2. The van der Waals surface area contributed by atoms with Crippen LogP contribution in [0.1, 0.15) is 22.3 Å². The Morgan fingerprint density at radius 2 is 1.65 bits per heavy atom. The van der Waals surface area contributed by atoms with Crippen molar-refractivity contribution in [3.8, 4) is 0 Å². The van der Waals surface area contributed by atoms with Crippen molar-refractivity contribution in [2.24, 2.45) is 0 Å². The van der Waals surface area contributed by atoms with E-state index in [9.17, 15) is 4.79 Å². The summed E-state index contributed by atoms with van der Waals surface area (Å²) in [6.45, 7) is 9.90. The molecule has 4 heteroatoms. The Labute approximate surface area is 161 Å². The second-order valence-electron chi connectivity index (χ2n) is 7.07.